The third-order valence-corrected chi connectivity index (χ3v) is 1.23. The quantitative estimate of drug-likeness (QED) is 0.459. The van der Waals surface area contributed by atoms with E-state index in [9.17, 15) is 4.79 Å². The smallest absolute Gasteiger partial charge is 0.143 e. The fourth-order valence-electron chi connectivity index (χ4n) is 0.687. The summed E-state index contributed by atoms with van der Waals surface area (Å²) in [6, 6.07) is 3.60. The van der Waals surface area contributed by atoms with Gasteiger partial charge in [0.1, 0.15) is 12.0 Å². The van der Waals surface area contributed by atoms with E-state index in [0.717, 1.165) is 17.6 Å². The van der Waals surface area contributed by atoms with E-state index in [0.29, 0.717) is 0 Å². The highest BCUT2D eigenvalue weighted by Gasteiger charge is 1.94. The molecule has 0 aliphatic rings. The van der Waals surface area contributed by atoms with Crippen molar-refractivity contribution < 1.29 is 9.21 Å². The second kappa shape index (κ2) is 3.01. The van der Waals surface area contributed by atoms with Crippen molar-refractivity contribution in [3.05, 3.63) is 30.2 Å². The maximum Gasteiger partial charge on any atom is 0.143 e. The second-order valence-electron chi connectivity index (χ2n) is 1.96. The molecule has 0 aliphatic heterocycles. The molecule has 0 amide bonds. The first-order chi connectivity index (χ1) is 4.84. The Hall–Kier alpha value is -1.31. The van der Waals surface area contributed by atoms with Crippen LogP contribution in [0.5, 0.6) is 0 Å². The van der Waals surface area contributed by atoms with Gasteiger partial charge < -0.3 is 4.42 Å². The van der Waals surface area contributed by atoms with Crippen LogP contribution in [0.25, 0.3) is 5.57 Å². The van der Waals surface area contributed by atoms with Crippen molar-refractivity contribution in [3.63, 3.8) is 0 Å². The summed E-state index contributed by atoms with van der Waals surface area (Å²) < 4.78 is 5.02. The fraction of sp³-hybridized carbons (Fsp3) is 0.125. The van der Waals surface area contributed by atoms with Crippen molar-refractivity contribution in [1.29, 1.82) is 0 Å². The lowest BCUT2D eigenvalue weighted by Crippen LogP contribution is -1.73. The molecule has 2 heteroatoms. The van der Waals surface area contributed by atoms with Gasteiger partial charge in [0.15, 0.2) is 0 Å². The highest BCUT2D eigenvalue weighted by molar-refractivity contribution is 5.78. The molecule has 0 radical (unpaired) electrons. The normalized spacial score (nSPS) is 11.5. The van der Waals surface area contributed by atoms with E-state index in [1.54, 1.807) is 12.3 Å². The Balaban J connectivity index is 2.86. The van der Waals surface area contributed by atoms with Gasteiger partial charge in [-0.1, -0.05) is 0 Å². The van der Waals surface area contributed by atoms with Gasteiger partial charge in [-0.05, 0) is 30.7 Å². The van der Waals surface area contributed by atoms with Crippen molar-refractivity contribution in [1.82, 2.24) is 0 Å². The van der Waals surface area contributed by atoms with Gasteiger partial charge in [0, 0.05) is 0 Å². The summed E-state index contributed by atoms with van der Waals surface area (Å²) in [5.41, 5.74) is 0.847. The van der Waals surface area contributed by atoms with Crippen molar-refractivity contribution in [2.24, 2.45) is 0 Å². The Morgan fingerprint density at radius 1 is 1.70 bits per heavy atom. The Bertz CT molecular complexity index is 232. The van der Waals surface area contributed by atoms with Crippen molar-refractivity contribution in [3.8, 4) is 0 Å². The topological polar surface area (TPSA) is 30.2 Å². The number of allylic oxidation sites excluding steroid dienone is 2. The van der Waals surface area contributed by atoms with Gasteiger partial charge in [-0.25, -0.2) is 0 Å². The SMILES string of the molecule is C/C(=C\C=O)c1ccco1. The molecule has 2 nitrogen and oxygen atoms in total. The van der Waals surface area contributed by atoms with Crippen LogP contribution >= 0.6 is 0 Å². The van der Waals surface area contributed by atoms with Gasteiger partial charge >= 0.3 is 0 Å². The zero-order chi connectivity index (χ0) is 7.40. The van der Waals surface area contributed by atoms with Crippen LogP contribution in [0.3, 0.4) is 0 Å². The van der Waals surface area contributed by atoms with E-state index in [-0.39, 0.29) is 0 Å². The van der Waals surface area contributed by atoms with Gasteiger partial charge in [0.25, 0.3) is 0 Å². The summed E-state index contributed by atoms with van der Waals surface area (Å²) in [5.74, 6) is 0.743. The Morgan fingerprint density at radius 2 is 2.50 bits per heavy atom. The average Bonchev–Trinajstić information content (AvgIpc) is 2.38. The van der Waals surface area contributed by atoms with E-state index in [1.165, 1.54) is 6.08 Å². The minimum absolute atomic E-state index is 0.743. The largest absolute Gasteiger partial charge is 0.465 e. The zero-order valence-corrected chi connectivity index (χ0v) is 5.70. The summed E-state index contributed by atoms with van der Waals surface area (Å²) in [6.45, 7) is 1.83. The number of hydrogen-bond donors (Lipinski definition) is 0. The first kappa shape index (κ1) is 6.81. The average molecular weight is 136 g/mol. The second-order valence-corrected chi connectivity index (χ2v) is 1.96. The van der Waals surface area contributed by atoms with Crippen molar-refractivity contribution >= 4 is 11.9 Å². The highest BCUT2D eigenvalue weighted by Crippen LogP contribution is 2.11. The van der Waals surface area contributed by atoms with Gasteiger partial charge in [0.2, 0.25) is 0 Å². The van der Waals surface area contributed by atoms with Crippen LogP contribution in [0, 0.1) is 0 Å². The first-order valence-corrected chi connectivity index (χ1v) is 3.00. The van der Waals surface area contributed by atoms with Gasteiger partial charge in [-0.3, -0.25) is 4.79 Å². The molecule has 1 heterocycles. The lowest BCUT2D eigenvalue weighted by atomic mass is 10.2. The predicted octanol–water partition coefficient (Wildman–Crippen LogP) is 1.88. The number of rotatable bonds is 2. The van der Waals surface area contributed by atoms with Crippen LogP contribution in [-0.4, -0.2) is 6.29 Å². The van der Waals surface area contributed by atoms with E-state index in [1.807, 2.05) is 13.0 Å². The number of aldehydes is 1. The minimum Gasteiger partial charge on any atom is -0.465 e. The Morgan fingerprint density at radius 3 is 3.00 bits per heavy atom. The van der Waals surface area contributed by atoms with Gasteiger partial charge in [0.05, 0.1) is 6.26 Å². The summed E-state index contributed by atoms with van der Waals surface area (Å²) >= 11 is 0. The number of carbonyl (C=O) groups excluding carboxylic acids is 1. The third-order valence-electron chi connectivity index (χ3n) is 1.23. The standard InChI is InChI=1S/C8H8O2/c1-7(4-5-9)8-3-2-6-10-8/h2-6H,1H3/b7-4+. The van der Waals surface area contributed by atoms with Crippen LogP contribution in [0.1, 0.15) is 12.7 Å². The van der Waals surface area contributed by atoms with Crippen LogP contribution in [-0.2, 0) is 4.79 Å². The van der Waals surface area contributed by atoms with E-state index in [4.69, 9.17) is 4.42 Å². The molecule has 0 saturated carbocycles. The molecular weight excluding hydrogens is 128 g/mol. The minimum atomic E-state index is 0.743. The highest BCUT2D eigenvalue weighted by atomic mass is 16.3. The molecule has 0 atom stereocenters. The molecular formula is C8H8O2. The molecule has 0 unspecified atom stereocenters. The number of furan rings is 1. The third kappa shape index (κ3) is 1.35. The predicted molar refractivity (Wildman–Crippen MR) is 38.4 cm³/mol. The van der Waals surface area contributed by atoms with Crippen LogP contribution in [0.2, 0.25) is 0 Å². The summed E-state index contributed by atoms with van der Waals surface area (Å²) in [6.07, 6.45) is 3.80. The van der Waals surface area contributed by atoms with Crippen molar-refractivity contribution in [2.75, 3.05) is 0 Å². The zero-order valence-electron chi connectivity index (χ0n) is 5.70. The molecule has 0 aliphatic carbocycles. The van der Waals surface area contributed by atoms with E-state index in [2.05, 4.69) is 0 Å². The molecule has 1 aromatic heterocycles. The molecule has 0 aromatic carbocycles. The monoisotopic (exact) mass is 136 g/mol. The lowest BCUT2D eigenvalue weighted by molar-refractivity contribution is -0.104. The maximum atomic E-state index is 9.99. The summed E-state index contributed by atoms with van der Waals surface area (Å²) in [5, 5.41) is 0. The van der Waals surface area contributed by atoms with Gasteiger partial charge in [-0.15, -0.1) is 0 Å². The van der Waals surface area contributed by atoms with Crippen LogP contribution in [0.4, 0.5) is 0 Å². The molecule has 1 aromatic rings. The van der Waals surface area contributed by atoms with E-state index < -0.39 is 0 Å². The first-order valence-electron chi connectivity index (χ1n) is 3.00. The van der Waals surface area contributed by atoms with Gasteiger partial charge in [-0.2, -0.15) is 0 Å². The molecule has 0 bridgehead atoms. The molecule has 0 N–H and O–H groups in total. The number of carbonyl (C=O) groups is 1. The molecule has 0 spiro atoms. The lowest BCUT2D eigenvalue weighted by Gasteiger charge is -1.89. The molecule has 52 valence electrons. The Kier molecular flexibility index (Phi) is 2.05. The molecule has 1 rings (SSSR count). The molecule has 0 fully saturated rings. The fourth-order valence-corrected chi connectivity index (χ4v) is 0.687. The Labute approximate surface area is 59.2 Å². The van der Waals surface area contributed by atoms with Crippen molar-refractivity contribution in [2.45, 2.75) is 6.92 Å². The van der Waals surface area contributed by atoms with E-state index >= 15 is 0 Å². The molecule has 10 heavy (non-hydrogen) atoms. The maximum absolute atomic E-state index is 9.99. The summed E-state index contributed by atoms with van der Waals surface area (Å²) in [4.78, 5) is 9.99. The van der Waals surface area contributed by atoms with Crippen LogP contribution in [0.15, 0.2) is 28.9 Å². The van der Waals surface area contributed by atoms with Crippen LogP contribution < -0.4 is 0 Å². The number of hydrogen-bond acceptors (Lipinski definition) is 2. The molecule has 0 saturated heterocycles. The summed E-state index contributed by atoms with van der Waals surface area (Å²) in [7, 11) is 0.